The van der Waals surface area contributed by atoms with E-state index in [1.54, 1.807) is 0 Å². The molecule has 0 aromatic heterocycles. The van der Waals surface area contributed by atoms with Crippen molar-refractivity contribution < 1.29 is 5.11 Å². The Morgan fingerprint density at radius 2 is 1.53 bits per heavy atom. The van der Waals surface area contributed by atoms with Gasteiger partial charge in [-0.25, -0.2) is 0 Å². The molecule has 1 aliphatic carbocycles. The maximum Gasteiger partial charge on any atom is 0.124 e. The SMILES string of the molecule is Cc1ccc2c(c1)-c1cc(C)cc(O)c1-2. The Balaban J connectivity index is 2.30. The molecule has 2 aromatic carbocycles. The number of aryl methyl sites for hydroxylation is 2. The van der Waals surface area contributed by atoms with Crippen LogP contribution in [0.5, 0.6) is 5.75 Å². The van der Waals surface area contributed by atoms with E-state index in [0.29, 0.717) is 5.75 Å². The van der Waals surface area contributed by atoms with Gasteiger partial charge >= 0.3 is 0 Å². The van der Waals surface area contributed by atoms with Crippen molar-refractivity contribution in [2.45, 2.75) is 13.8 Å². The molecular formula is C14H12O. The molecule has 0 heterocycles. The van der Waals surface area contributed by atoms with Crippen LogP contribution in [0.15, 0.2) is 30.3 Å². The van der Waals surface area contributed by atoms with E-state index in [-0.39, 0.29) is 0 Å². The van der Waals surface area contributed by atoms with Gasteiger partial charge in [-0.1, -0.05) is 29.8 Å². The topological polar surface area (TPSA) is 20.2 Å². The number of benzene rings is 2. The Morgan fingerprint density at radius 3 is 2.33 bits per heavy atom. The number of aromatic hydroxyl groups is 1. The van der Waals surface area contributed by atoms with Crippen LogP contribution >= 0.6 is 0 Å². The van der Waals surface area contributed by atoms with Crippen molar-refractivity contribution in [2.75, 3.05) is 0 Å². The molecule has 1 aliphatic rings. The summed E-state index contributed by atoms with van der Waals surface area (Å²) in [5, 5.41) is 9.85. The van der Waals surface area contributed by atoms with Gasteiger partial charge in [-0.3, -0.25) is 0 Å². The second-order valence-corrected chi connectivity index (χ2v) is 4.26. The van der Waals surface area contributed by atoms with Crippen molar-refractivity contribution in [1.29, 1.82) is 0 Å². The molecule has 0 atom stereocenters. The van der Waals surface area contributed by atoms with Gasteiger partial charge in [-0.05, 0) is 42.2 Å². The van der Waals surface area contributed by atoms with E-state index in [9.17, 15) is 5.11 Å². The monoisotopic (exact) mass is 196 g/mol. The van der Waals surface area contributed by atoms with E-state index in [1.807, 2.05) is 13.0 Å². The molecule has 0 bridgehead atoms. The number of phenols is 1. The van der Waals surface area contributed by atoms with Crippen molar-refractivity contribution in [2.24, 2.45) is 0 Å². The predicted octanol–water partition coefficient (Wildman–Crippen LogP) is 3.66. The molecule has 0 unspecified atom stereocenters. The molecule has 0 amide bonds. The van der Waals surface area contributed by atoms with Gasteiger partial charge in [0, 0.05) is 5.56 Å². The van der Waals surface area contributed by atoms with Gasteiger partial charge in [0.2, 0.25) is 0 Å². The third-order valence-electron chi connectivity index (χ3n) is 3.00. The first kappa shape index (κ1) is 8.54. The second kappa shape index (κ2) is 2.63. The Bertz CT molecular complexity index is 568. The molecule has 0 radical (unpaired) electrons. The van der Waals surface area contributed by atoms with Gasteiger partial charge in [0.25, 0.3) is 0 Å². The zero-order chi connectivity index (χ0) is 10.6. The van der Waals surface area contributed by atoms with Crippen molar-refractivity contribution in [3.05, 3.63) is 41.5 Å². The summed E-state index contributed by atoms with van der Waals surface area (Å²) in [4.78, 5) is 0. The third kappa shape index (κ3) is 1.03. The lowest BCUT2D eigenvalue weighted by Crippen LogP contribution is -2.00. The minimum atomic E-state index is 0.404. The van der Waals surface area contributed by atoms with Crippen LogP contribution in [0.1, 0.15) is 11.1 Å². The fourth-order valence-corrected chi connectivity index (χ4v) is 2.30. The molecule has 0 saturated heterocycles. The van der Waals surface area contributed by atoms with Crippen molar-refractivity contribution in [3.8, 4) is 28.0 Å². The highest BCUT2D eigenvalue weighted by Gasteiger charge is 2.25. The minimum absolute atomic E-state index is 0.404. The molecule has 1 N–H and O–H groups in total. The van der Waals surface area contributed by atoms with Gasteiger partial charge in [-0.15, -0.1) is 0 Å². The molecule has 2 aromatic rings. The molecule has 0 fully saturated rings. The van der Waals surface area contributed by atoms with Crippen LogP contribution in [-0.2, 0) is 0 Å². The molecular weight excluding hydrogens is 184 g/mol. The zero-order valence-electron chi connectivity index (χ0n) is 8.83. The number of hydrogen-bond donors (Lipinski definition) is 1. The van der Waals surface area contributed by atoms with Gasteiger partial charge in [0.15, 0.2) is 0 Å². The summed E-state index contributed by atoms with van der Waals surface area (Å²) in [6.07, 6.45) is 0. The summed E-state index contributed by atoms with van der Waals surface area (Å²) in [7, 11) is 0. The Labute approximate surface area is 89.0 Å². The lowest BCUT2D eigenvalue weighted by molar-refractivity contribution is 0.476. The molecule has 0 saturated carbocycles. The lowest BCUT2D eigenvalue weighted by Gasteiger charge is -2.25. The molecule has 3 rings (SSSR count). The highest BCUT2D eigenvalue weighted by Crippen LogP contribution is 2.52. The fraction of sp³-hybridized carbons (Fsp3) is 0.143. The Hall–Kier alpha value is -1.76. The minimum Gasteiger partial charge on any atom is -0.507 e. The summed E-state index contributed by atoms with van der Waals surface area (Å²) in [5.41, 5.74) is 7.01. The predicted molar refractivity (Wildman–Crippen MR) is 62.0 cm³/mol. The van der Waals surface area contributed by atoms with Crippen LogP contribution in [0.25, 0.3) is 22.3 Å². The van der Waals surface area contributed by atoms with E-state index in [2.05, 4.69) is 31.2 Å². The second-order valence-electron chi connectivity index (χ2n) is 4.26. The number of rotatable bonds is 0. The summed E-state index contributed by atoms with van der Waals surface area (Å²) in [5.74, 6) is 0.404. The van der Waals surface area contributed by atoms with Crippen LogP contribution < -0.4 is 0 Å². The zero-order valence-corrected chi connectivity index (χ0v) is 8.83. The third-order valence-corrected chi connectivity index (χ3v) is 3.00. The van der Waals surface area contributed by atoms with Gasteiger partial charge < -0.3 is 5.11 Å². The Morgan fingerprint density at radius 1 is 0.800 bits per heavy atom. The highest BCUT2D eigenvalue weighted by atomic mass is 16.3. The van der Waals surface area contributed by atoms with Gasteiger partial charge in [0.1, 0.15) is 5.75 Å². The molecule has 0 spiro atoms. The summed E-state index contributed by atoms with van der Waals surface area (Å²) < 4.78 is 0. The average molecular weight is 196 g/mol. The summed E-state index contributed by atoms with van der Waals surface area (Å²) in [6.45, 7) is 4.10. The van der Waals surface area contributed by atoms with E-state index in [4.69, 9.17) is 0 Å². The molecule has 15 heavy (non-hydrogen) atoms. The first-order valence-corrected chi connectivity index (χ1v) is 5.12. The molecule has 0 aliphatic heterocycles. The Kier molecular flexibility index (Phi) is 1.50. The van der Waals surface area contributed by atoms with Crippen LogP contribution in [-0.4, -0.2) is 5.11 Å². The average Bonchev–Trinajstić information content (AvgIpc) is 2.16. The number of hydrogen-bond acceptors (Lipinski definition) is 1. The van der Waals surface area contributed by atoms with Crippen molar-refractivity contribution >= 4 is 0 Å². The quantitative estimate of drug-likeness (QED) is 0.581. The largest absolute Gasteiger partial charge is 0.507 e. The molecule has 74 valence electrons. The van der Waals surface area contributed by atoms with E-state index >= 15 is 0 Å². The van der Waals surface area contributed by atoms with E-state index in [0.717, 1.165) is 11.1 Å². The maximum atomic E-state index is 9.85. The lowest BCUT2D eigenvalue weighted by atomic mass is 9.78. The van der Waals surface area contributed by atoms with Gasteiger partial charge in [0.05, 0.1) is 0 Å². The van der Waals surface area contributed by atoms with E-state index in [1.165, 1.54) is 22.3 Å². The molecule has 1 heteroatoms. The van der Waals surface area contributed by atoms with Crippen molar-refractivity contribution in [1.82, 2.24) is 0 Å². The van der Waals surface area contributed by atoms with Crippen LogP contribution in [0.3, 0.4) is 0 Å². The first-order chi connectivity index (χ1) is 7.16. The number of phenolic OH excluding ortho intramolecular Hbond substituents is 1. The highest BCUT2D eigenvalue weighted by molar-refractivity contribution is 6.05. The maximum absolute atomic E-state index is 9.85. The normalized spacial score (nSPS) is 11.6. The summed E-state index contributed by atoms with van der Waals surface area (Å²) in [6, 6.07) is 10.3. The van der Waals surface area contributed by atoms with Crippen molar-refractivity contribution in [3.63, 3.8) is 0 Å². The van der Waals surface area contributed by atoms with Gasteiger partial charge in [-0.2, -0.15) is 0 Å². The summed E-state index contributed by atoms with van der Waals surface area (Å²) >= 11 is 0. The van der Waals surface area contributed by atoms with Crippen LogP contribution in [0, 0.1) is 13.8 Å². The molecule has 1 nitrogen and oxygen atoms in total. The van der Waals surface area contributed by atoms with E-state index < -0.39 is 0 Å². The smallest absolute Gasteiger partial charge is 0.124 e. The number of fused-ring (bicyclic) bond motifs is 4. The fourth-order valence-electron chi connectivity index (χ4n) is 2.30. The standard InChI is InChI=1S/C14H12O/c1-8-3-4-10-11(5-8)12-6-9(2)7-13(15)14(10)12/h3-7,15H,1-2H3. The van der Waals surface area contributed by atoms with Crippen LogP contribution in [0.4, 0.5) is 0 Å². The first-order valence-electron chi connectivity index (χ1n) is 5.12. The van der Waals surface area contributed by atoms with Crippen LogP contribution in [0.2, 0.25) is 0 Å².